The van der Waals surface area contributed by atoms with E-state index in [9.17, 15) is 14.0 Å². The van der Waals surface area contributed by atoms with Gasteiger partial charge in [-0.2, -0.15) is 0 Å². The number of hydrogen-bond donors (Lipinski definition) is 1. The molecule has 150 valence electrons. The molecule has 0 aliphatic carbocycles. The molecule has 1 aliphatic rings. The molecule has 0 bridgehead atoms. The lowest BCUT2D eigenvalue weighted by Gasteiger charge is -2.24. The zero-order valence-corrected chi connectivity index (χ0v) is 16.4. The van der Waals surface area contributed by atoms with E-state index in [4.69, 9.17) is 0 Å². The van der Waals surface area contributed by atoms with Gasteiger partial charge in [-0.1, -0.05) is 35.0 Å². The number of nitrogens with zero attached hydrogens (tertiary/aromatic N) is 4. The van der Waals surface area contributed by atoms with Crippen molar-refractivity contribution >= 4 is 11.8 Å². The van der Waals surface area contributed by atoms with Crippen LogP contribution >= 0.6 is 0 Å². The minimum atomic E-state index is -1.06. The number of aryl methyl sites for hydroxylation is 1. The number of rotatable bonds is 6. The molecule has 2 aromatic rings. The molecule has 1 aromatic heterocycles. The predicted octanol–water partition coefficient (Wildman–Crippen LogP) is 1.91. The van der Waals surface area contributed by atoms with Crippen LogP contribution < -0.4 is 5.32 Å². The van der Waals surface area contributed by atoms with Gasteiger partial charge >= 0.3 is 0 Å². The number of nitrogens with one attached hydrogen (secondary N) is 1. The number of aromatic nitrogens is 3. The first kappa shape index (κ1) is 20.0. The van der Waals surface area contributed by atoms with Crippen molar-refractivity contribution in [2.75, 3.05) is 6.54 Å². The standard InChI is InChI=1S/C20H26FN5O2/c1-13(2)22-20(28)18-12-25(24-23-18)11-17-9-16(21)10-26(17)19(27)8-15-6-4-14(3)5-7-15/h4-7,12-13,16-17H,8-11H2,1-3H3,(H,22,28). The summed E-state index contributed by atoms with van der Waals surface area (Å²) in [4.78, 5) is 26.3. The molecule has 2 heterocycles. The molecule has 7 nitrogen and oxygen atoms in total. The van der Waals surface area contributed by atoms with Crippen molar-refractivity contribution in [3.8, 4) is 0 Å². The molecule has 0 saturated carbocycles. The van der Waals surface area contributed by atoms with Gasteiger partial charge in [0.15, 0.2) is 5.69 Å². The fraction of sp³-hybridized carbons (Fsp3) is 0.500. The van der Waals surface area contributed by atoms with Crippen molar-refractivity contribution in [1.29, 1.82) is 0 Å². The summed E-state index contributed by atoms with van der Waals surface area (Å²) in [6.07, 6.45) is 0.973. The SMILES string of the molecule is Cc1ccc(CC(=O)N2CC(F)CC2Cn2cc(C(=O)NC(C)C)nn2)cc1. The molecule has 2 amide bonds. The highest BCUT2D eigenvalue weighted by Crippen LogP contribution is 2.23. The van der Waals surface area contributed by atoms with E-state index in [1.54, 1.807) is 4.90 Å². The second-order valence-electron chi connectivity index (χ2n) is 7.65. The summed E-state index contributed by atoms with van der Waals surface area (Å²) in [5, 5.41) is 10.6. The smallest absolute Gasteiger partial charge is 0.273 e. The lowest BCUT2D eigenvalue weighted by Crippen LogP contribution is -2.39. The van der Waals surface area contributed by atoms with E-state index in [-0.39, 0.29) is 49.0 Å². The Labute approximate surface area is 163 Å². The monoisotopic (exact) mass is 387 g/mol. The van der Waals surface area contributed by atoms with Crippen LogP contribution in [0.1, 0.15) is 41.9 Å². The van der Waals surface area contributed by atoms with Crippen molar-refractivity contribution in [2.24, 2.45) is 0 Å². The summed E-state index contributed by atoms with van der Waals surface area (Å²) >= 11 is 0. The summed E-state index contributed by atoms with van der Waals surface area (Å²) in [6.45, 7) is 6.11. The highest BCUT2D eigenvalue weighted by Gasteiger charge is 2.35. The average molecular weight is 387 g/mol. The van der Waals surface area contributed by atoms with Crippen molar-refractivity contribution in [2.45, 2.75) is 58.4 Å². The minimum Gasteiger partial charge on any atom is -0.348 e. The molecule has 0 spiro atoms. The third-order valence-electron chi connectivity index (χ3n) is 4.75. The number of halogens is 1. The number of alkyl halides is 1. The lowest BCUT2D eigenvalue weighted by molar-refractivity contribution is -0.131. The Bertz CT molecular complexity index is 833. The number of carbonyl (C=O) groups excluding carboxylic acids is 2. The molecule has 0 radical (unpaired) electrons. The van der Waals surface area contributed by atoms with Gasteiger partial charge < -0.3 is 10.2 Å². The first-order valence-electron chi connectivity index (χ1n) is 9.52. The molecular weight excluding hydrogens is 361 g/mol. The molecule has 1 saturated heterocycles. The molecule has 2 atom stereocenters. The average Bonchev–Trinajstić information content (AvgIpc) is 3.23. The summed E-state index contributed by atoms with van der Waals surface area (Å²) < 4.78 is 15.6. The number of hydrogen-bond acceptors (Lipinski definition) is 4. The van der Waals surface area contributed by atoms with Gasteiger partial charge in [-0.05, 0) is 26.3 Å². The Balaban J connectivity index is 1.65. The van der Waals surface area contributed by atoms with E-state index >= 15 is 0 Å². The number of amides is 2. The third-order valence-corrected chi connectivity index (χ3v) is 4.75. The van der Waals surface area contributed by atoms with Gasteiger partial charge in [-0.25, -0.2) is 9.07 Å². The Morgan fingerprint density at radius 3 is 2.68 bits per heavy atom. The van der Waals surface area contributed by atoms with Crippen LogP contribution in [0.5, 0.6) is 0 Å². The topological polar surface area (TPSA) is 80.1 Å². The fourth-order valence-corrected chi connectivity index (χ4v) is 3.36. The number of benzene rings is 1. The minimum absolute atomic E-state index is 0.00494. The summed E-state index contributed by atoms with van der Waals surface area (Å²) in [5.41, 5.74) is 2.24. The van der Waals surface area contributed by atoms with Gasteiger partial charge in [0.05, 0.1) is 31.7 Å². The van der Waals surface area contributed by atoms with Crippen LogP contribution in [0.2, 0.25) is 0 Å². The van der Waals surface area contributed by atoms with E-state index in [0.29, 0.717) is 6.54 Å². The molecular formula is C20H26FN5O2. The van der Waals surface area contributed by atoms with E-state index in [1.807, 2.05) is 45.0 Å². The van der Waals surface area contributed by atoms with Crippen molar-refractivity contribution in [3.63, 3.8) is 0 Å². The Kier molecular flexibility index (Phi) is 6.06. The van der Waals surface area contributed by atoms with Crippen molar-refractivity contribution in [1.82, 2.24) is 25.2 Å². The largest absolute Gasteiger partial charge is 0.348 e. The zero-order chi connectivity index (χ0) is 20.3. The van der Waals surface area contributed by atoms with Crippen LogP contribution in [0.4, 0.5) is 4.39 Å². The molecule has 1 fully saturated rings. The van der Waals surface area contributed by atoms with E-state index in [0.717, 1.165) is 11.1 Å². The van der Waals surface area contributed by atoms with Crippen LogP contribution in [0.15, 0.2) is 30.5 Å². The normalized spacial score (nSPS) is 19.2. The summed E-state index contributed by atoms with van der Waals surface area (Å²) in [6, 6.07) is 7.44. The van der Waals surface area contributed by atoms with Crippen LogP contribution in [0.3, 0.4) is 0 Å². The van der Waals surface area contributed by atoms with Crippen LogP contribution in [0.25, 0.3) is 0 Å². The van der Waals surface area contributed by atoms with E-state index in [2.05, 4.69) is 15.6 Å². The summed E-state index contributed by atoms with van der Waals surface area (Å²) in [7, 11) is 0. The number of likely N-dealkylation sites (tertiary alicyclic amines) is 1. The molecule has 8 heteroatoms. The fourth-order valence-electron chi connectivity index (χ4n) is 3.36. The highest BCUT2D eigenvalue weighted by atomic mass is 19.1. The summed E-state index contributed by atoms with van der Waals surface area (Å²) in [5.74, 6) is -0.407. The maximum Gasteiger partial charge on any atom is 0.273 e. The maximum absolute atomic E-state index is 14.1. The van der Waals surface area contributed by atoms with Gasteiger partial charge in [-0.15, -0.1) is 5.10 Å². The van der Waals surface area contributed by atoms with Crippen molar-refractivity contribution < 1.29 is 14.0 Å². The second kappa shape index (κ2) is 8.50. The molecule has 1 aromatic carbocycles. The van der Waals surface area contributed by atoms with Crippen molar-refractivity contribution in [3.05, 3.63) is 47.3 Å². The number of carbonyl (C=O) groups is 2. The van der Waals surface area contributed by atoms with Gasteiger partial charge in [-0.3, -0.25) is 9.59 Å². The van der Waals surface area contributed by atoms with Gasteiger partial charge in [0.2, 0.25) is 5.91 Å². The predicted molar refractivity (Wildman–Crippen MR) is 103 cm³/mol. The Morgan fingerprint density at radius 1 is 1.29 bits per heavy atom. The third kappa shape index (κ3) is 4.94. The van der Waals surface area contributed by atoms with Gasteiger partial charge in [0, 0.05) is 12.5 Å². The molecule has 28 heavy (non-hydrogen) atoms. The second-order valence-corrected chi connectivity index (χ2v) is 7.65. The molecule has 1 aliphatic heterocycles. The van der Waals surface area contributed by atoms with Crippen LogP contribution in [-0.4, -0.2) is 56.5 Å². The quantitative estimate of drug-likeness (QED) is 0.821. The Morgan fingerprint density at radius 2 is 2.00 bits per heavy atom. The van der Waals surface area contributed by atoms with E-state index in [1.165, 1.54) is 10.9 Å². The highest BCUT2D eigenvalue weighted by molar-refractivity contribution is 5.92. The van der Waals surface area contributed by atoms with Crippen LogP contribution in [-0.2, 0) is 17.8 Å². The first-order chi connectivity index (χ1) is 13.3. The molecule has 1 N–H and O–H groups in total. The first-order valence-corrected chi connectivity index (χ1v) is 9.52. The van der Waals surface area contributed by atoms with Crippen LogP contribution in [0, 0.1) is 6.92 Å². The van der Waals surface area contributed by atoms with Gasteiger partial charge in [0.1, 0.15) is 6.17 Å². The van der Waals surface area contributed by atoms with Gasteiger partial charge in [0.25, 0.3) is 5.91 Å². The molecule has 3 rings (SSSR count). The van der Waals surface area contributed by atoms with E-state index < -0.39 is 6.17 Å². The maximum atomic E-state index is 14.1. The molecule has 2 unspecified atom stereocenters. The Hall–Kier alpha value is -2.77. The lowest BCUT2D eigenvalue weighted by atomic mass is 10.1. The zero-order valence-electron chi connectivity index (χ0n) is 16.4.